The first kappa shape index (κ1) is 10.1. The molecule has 0 aliphatic carbocycles. The third-order valence-electron chi connectivity index (χ3n) is 2.57. The molecule has 2 unspecified atom stereocenters. The predicted octanol–water partition coefficient (Wildman–Crippen LogP) is 2.14. The number of hydrogen-bond donors (Lipinski definition) is 1. The van der Waals surface area contributed by atoms with Crippen molar-refractivity contribution in [3.05, 3.63) is 16.6 Å². The summed E-state index contributed by atoms with van der Waals surface area (Å²) < 4.78 is 5.50. The SMILES string of the molecule is OC(CCC1CCCO1)c1cncs1. The number of aromatic nitrogens is 1. The summed E-state index contributed by atoms with van der Waals surface area (Å²) in [5.74, 6) is 0. The molecule has 2 heterocycles. The van der Waals surface area contributed by atoms with Crippen molar-refractivity contribution in [1.82, 2.24) is 4.98 Å². The minimum atomic E-state index is -0.355. The smallest absolute Gasteiger partial charge is 0.0899 e. The van der Waals surface area contributed by atoms with Crippen LogP contribution in [0.15, 0.2) is 11.7 Å². The summed E-state index contributed by atoms with van der Waals surface area (Å²) in [4.78, 5) is 4.91. The van der Waals surface area contributed by atoms with E-state index in [0.29, 0.717) is 6.10 Å². The van der Waals surface area contributed by atoms with Crippen LogP contribution in [0.1, 0.15) is 36.7 Å². The molecule has 2 rings (SSSR count). The van der Waals surface area contributed by atoms with Gasteiger partial charge in [0.1, 0.15) is 0 Å². The Labute approximate surface area is 87.7 Å². The van der Waals surface area contributed by atoms with E-state index in [0.717, 1.165) is 30.7 Å². The van der Waals surface area contributed by atoms with E-state index in [2.05, 4.69) is 4.98 Å². The van der Waals surface area contributed by atoms with E-state index in [1.165, 1.54) is 17.8 Å². The van der Waals surface area contributed by atoms with Crippen molar-refractivity contribution in [3.63, 3.8) is 0 Å². The van der Waals surface area contributed by atoms with Gasteiger partial charge < -0.3 is 9.84 Å². The fraction of sp³-hybridized carbons (Fsp3) is 0.700. The molecule has 3 nitrogen and oxygen atoms in total. The summed E-state index contributed by atoms with van der Waals surface area (Å²) in [5, 5.41) is 9.78. The molecule has 1 aliphatic heterocycles. The molecule has 0 saturated carbocycles. The van der Waals surface area contributed by atoms with Crippen molar-refractivity contribution in [3.8, 4) is 0 Å². The van der Waals surface area contributed by atoms with Crippen LogP contribution in [0.5, 0.6) is 0 Å². The van der Waals surface area contributed by atoms with Gasteiger partial charge in [0, 0.05) is 12.8 Å². The van der Waals surface area contributed by atoms with E-state index in [1.54, 1.807) is 11.7 Å². The van der Waals surface area contributed by atoms with E-state index in [1.807, 2.05) is 0 Å². The molecule has 0 spiro atoms. The quantitative estimate of drug-likeness (QED) is 0.833. The number of nitrogens with zero attached hydrogens (tertiary/aromatic N) is 1. The number of thiazole rings is 1. The minimum Gasteiger partial charge on any atom is -0.388 e. The van der Waals surface area contributed by atoms with Crippen LogP contribution < -0.4 is 0 Å². The summed E-state index contributed by atoms with van der Waals surface area (Å²) in [6.45, 7) is 0.890. The lowest BCUT2D eigenvalue weighted by Crippen LogP contribution is -2.07. The number of ether oxygens (including phenoxy) is 1. The molecule has 1 aliphatic rings. The van der Waals surface area contributed by atoms with Crippen molar-refractivity contribution in [2.45, 2.75) is 37.9 Å². The maximum absolute atomic E-state index is 9.78. The highest BCUT2D eigenvalue weighted by Gasteiger charge is 2.18. The van der Waals surface area contributed by atoms with E-state index in [9.17, 15) is 5.11 Å². The molecule has 4 heteroatoms. The molecule has 0 aromatic carbocycles. The van der Waals surface area contributed by atoms with Crippen molar-refractivity contribution in [2.24, 2.45) is 0 Å². The Morgan fingerprint density at radius 3 is 3.29 bits per heavy atom. The van der Waals surface area contributed by atoms with Gasteiger partial charge in [-0.1, -0.05) is 0 Å². The highest BCUT2D eigenvalue weighted by Crippen LogP contribution is 2.25. The largest absolute Gasteiger partial charge is 0.388 e. The van der Waals surface area contributed by atoms with Crippen LogP contribution in [0.3, 0.4) is 0 Å². The summed E-state index contributed by atoms with van der Waals surface area (Å²) in [7, 11) is 0. The predicted molar refractivity (Wildman–Crippen MR) is 55.3 cm³/mol. The Kier molecular flexibility index (Phi) is 3.50. The van der Waals surface area contributed by atoms with Crippen LogP contribution in [0.2, 0.25) is 0 Å². The fourth-order valence-corrected chi connectivity index (χ4v) is 2.39. The van der Waals surface area contributed by atoms with E-state index < -0.39 is 0 Å². The van der Waals surface area contributed by atoms with Gasteiger partial charge in [-0.05, 0) is 25.7 Å². The van der Waals surface area contributed by atoms with Gasteiger partial charge in [-0.25, -0.2) is 0 Å². The molecular weight excluding hydrogens is 198 g/mol. The Bertz CT molecular complexity index is 257. The van der Waals surface area contributed by atoms with E-state index in [-0.39, 0.29) is 6.10 Å². The Morgan fingerprint density at radius 1 is 1.71 bits per heavy atom. The zero-order valence-corrected chi connectivity index (χ0v) is 8.87. The second-order valence-electron chi connectivity index (χ2n) is 3.63. The first-order valence-corrected chi connectivity index (χ1v) is 5.92. The number of aliphatic hydroxyl groups is 1. The second kappa shape index (κ2) is 4.87. The molecule has 1 saturated heterocycles. The zero-order valence-electron chi connectivity index (χ0n) is 8.06. The van der Waals surface area contributed by atoms with Crippen molar-refractivity contribution in [2.75, 3.05) is 6.61 Å². The Morgan fingerprint density at radius 2 is 2.64 bits per heavy atom. The molecule has 14 heavy (non-hydrogen) atoms. The van der Waals surface area contributed by atoms with Crippen LogP contribution in [-0.4, -0.2) is 22.8 Å². The minimum absolute atomic E-state index is 0.355. The average molecular weight is 213 g/mol. The van der Waals surface area contributed by atoms with E-state index >= 15 is 0 Å². The molecule has 1 fully saturated rings. The van der Waals surface area contributed by atoms with Crippen LogP contribution in [0, 0.1) is 0 Å². The van der Waals surface area contributed by atoms with Gasteiger partial charge in [0.05, 0.1) is 22.6 Å². The lowest BCUT2D eigenvalue weighted by atomic mass is 10.1. The maximum Gasteiger partial charge on any atom is 0.0899 e. The molecule has 0 bridgehead atoms. The topological polar surface area (TPSA) is 42.4 Å². The Balaban J connectivity index is 1.74. The van der Waals surface area contributed by atoms with Crippen LogP contribution in [-0.2, 0) is 4.74 Å². The zero-order chi connectivity index (χ0) is 9.80. The third-order valence-corrected chi connectivity index (χ3v) is 3.44. The molecule has 1 N–H and O–H groups in total. The van der Waals surface area contributed by atoms with Gasteiger partial charge in [-0.2, -0.15) is 0 Å². The van der Waals surface area contributed by atoms with Gasteiger partial charge in [0.25, 0.3) is 0 Å². The van der Waals surface area contributed by atoms with Crippen LogP contribution >= 0.6 is 11.3 Å². The highest BCUT2D eigenvalue weighted by atomic mass is 32.1. The van der Waals surface area contributed by atoms with E-state index in [4.69, 9.17) is 4.74 Å². The second-order valence-corrected chi connectivity index (χ2v) is 4.55. The third kappa shape index (κ3) is 2.53. The average Bonchev–Trinajstić information content (AvgIpc) is 2.87. The van der Waals surface area contributed by atoms with Gasteiger partial charge >= 0.3 is 0 Å². The highest BCUT2D eigenvalue weighted by molar-refractivity contribution is 7.09. The summed E-state index contributed by atoms with van der Waals surface area (Å²) in [6.07, 6.45) is 5.82. The molecule has 1 aromatic heterocycles. The molecule has 78 valence electrons. The molecule has 0 amide bonds. The van der Waals surface area contributed by atoms with Crippen LogP contribution in [0.25, 0.3) is 0 Å². The summed E-state index contributed by atoms with van der Waals surface area (Å²) in [5.41, 5.74) is 1.75. The molecule has 2 atom stereocenters. The Hall–Kier alpha value is -0.450. The first-order chi connectivity index (χ1) is 6.86. The van der Waals surface area contributed by atoms with Gasteiger partial charge in [-0.3, -0.25) is 4.98 Å². The fourth-order valence-electron chi connectivity index (χ4n) is 1.75. The number of aliphatic hydroxyl groups excluding tert-OH is 1. The monoisotopic (exact) mass is 213 g/mol. The normalized spacial score (nSPS) is 23.9. The standard InChI is InChI=1S/C10H15NO2S/c12-9(10-6-11-7-14-10)4-3-8-2-1-5-13-8/h6-9,12H,1-5H2. The number of rotatable bonds is 4. The first-order valence-electron chi connectivity index (χ1n) is 5.04. The number of hydrogen-bond acceptors (Lipinski definition) is 4. The van der Waals surface area contributed by atoms with Crippen molar-refractivity contribution >= 4 is 11.3 Å². The molecule has 1 aromatic rings. The van der Waals surface area contributed by atoms with Gasteiger partial charge in [0.2, 0.25) is 0 Å². The van der Waals surface area contributed by atoms with Gasteiger partial charge in [0.15, 0.2) is 0 Å². The van der Waals surface area contributed by atoms with Crippen molar-refractivity contribution in [1.29, 1.82) is 0 Å². The molecular formula is C10H15NO2S. The van der Waals surface area contributed by atoms with Crippen molar-refractivity contribution < 1.29 is 9.84 Å². The molecule has 0 radical (unpaired) electrons. The van der Waals surface area contributed by atoms with Gasteiger partial charge in [-0.15, -0.1) is 11.3 Å². The lowest BCUT2D eigenvalue weighted by molar-refractivity contribution is 0.0820. The maximum atomic E-state index is 9.78. The van der Waals surface area contributed by atoms with Crippen LogP contribution in [0.4, 0.5) is 0 Å². The lowest BCUT2D eigenvalue weighted by Gasteiger charge is -2.11. The summed E-state index contributed by atoms with van der Waals surface area (Å²) in [6, 6.07) is 0. The summed E-state index contributed by atoms with van der Waals surface area (Å²) >= 11 is 1.51.